The molecule has 0 fully saturated rings. The van der Waals surface area contributed by atoms with E-state index in [1.807, 2.05) is 38.1 Å². The minimum Gasteiger partial charge on any atom is -0.343 e. The van der Waals surface area contributed by atoms with Gasteiger partial charge in [-0.2, -0.15) is 5.10 Å². The molecule has 2 heterocycles. The molecule has 9 heteroatoms. The minimum absolute atomic E-state index is 0.273. The molecule has 1 atom stereocenters. The van der Waals surface area contributed by atoms with E-state index in [0.29, 0.717) is 33.5 Å². The largest absolute Gasteiger partial charge is 0.343 e. The number of amides is 2. The zero-order valence-corrected chi connectivity index (χ0v) is 21.7. The van der Waals surface area contributed by atoms with Crippen LogP contribution in [0.2, 0.25) is 5.02 Å². The predicted molar refractivity (Wildman–Crippen MR) is 147 cm³/mol. The first-order valence-electron chi connectivity index (χ1n) is 12.0. The summed E-state index contributed by atoms with van der Waals surface area (Å²) in [5.74, 6) is -0.698. The maximum Gasteiger partial charge on any atom is 0.261 e. The molecule has 0 bridgehead atoms. The molecule has 0 saturated carbocycles. The van der Waals surface area contributed by atoms with Crippen LogP contribution in [-0.4, -0.2) is 21.6 Å². The van der Waals surface area contributed by atoms with Crippen molar-refractivity contribution in [3.05, 3.63) is 117 Å². The van der Waals surface area contributed by atoms with Crippen molar-refractivity contribution in [3.63, 3.8) is 0 Å². The number of allylic oxidation sites excluding steroid dienone is 1. The van der Waals surface area contributed by atoms with Crippen molar-refractivity contribution in [1.82, 2.24) is 9.78 Å². The molecule has 0 saturated heterocycles. The lowest BCUT2D eigenvalue weighted by Gasteiger charge is -2.30. The number of nitrogens with one attached hydrogen (secondary N) is 3. The van der Waals surface area contributed by atoms with E-state index in [9.17, 15) is 14.0 Å². The second kappa shape index (κ2) is 10.1. The fourth-order valence-corrected chi connectivity index (χ4v) is 4.77. The lowest BCUT2D eigenvalue weighted by atomic mass is 9.94. The van der Waals surface area contributed by atoms with Crippen molar-refractivity contribution >= 4 is 40.6 Å². The molecule has 3 N–H and O–H groups in total. The van der Waals surface area contributed by atoms with Crippen molar-refractivity contribution < 1.29 is 14.0 Å². The van der Waals surface area contributed by atoms with Gasteiger partial charge in [0.1, 0.15) is 23.2 Å². The quantitative estimate of drug-likeness (QED) is 0.276. The summed E-state index contributed by atoms with van der Waals surface area (Å²) in [7, 11) is 0. The van der Waals surface area contributed by atoms with E-state index >= 15 is 0 Å². The second-order valence-corrected chi connectivity index (χ2v) is 9.64. The number of anilines is 3. The third kappa shape index (κ3) is 4.90. The summed E-state index contributed by atoms with van der Waals surface area (Å²) in [5.41, 5.74) is 5.21. The summed E-state index contributed by atoms with van der Waals surface area (Å²) in [6.07, 6.45) is 1.44. The van der Waals surface area contributed by atoms with Crippen molar-refractivity contribution in [3.8, 4) is 0 Å². The van der Waals surface area contributed by atoms with Gasteiger partial charge in [0.05, 0.1) is 11.8 Å². The van der Waals surface area contributed by atoms with E-state index in [1.54, 1.807) is 29.8 Å². The molecule has 0 unspecified atom stereocenters. The first kappa shape index (κ1) is 25.2. The highest BCUT2D eigenvalue weighted by Gasteiger charge is 2.35. The van der Waals surface area contributed by atoms with E-state index in [4.69, 9.17) is 11.6 Å². The molecule has 1 aliphatic heterocycles. The Labute approximate surface area is 224 Å². The van der Waals surface area contributed by atoms with Gasteiger partial charge in [0.25, 0.3) is 11.8 Å². The molecular formula is C29H25ClFN5O2. The standard InChI is InChI=1S/C29H25ClFN5O2/c1-16-7-12-24(17(2)13-16)35-29(38)25-18(3)33-27-23(28(37)34-22-10-8-21(31)9-11-22)15-32-36(27)26(25)19-5-4-6-20(30)14-19/h4-15,26,33H,1-3H3,(H,34,37)(H,35,38)/t26-/m1/s1. The van der Waals surface area contributed by atoms with E-state index < -0.39 is 17.8 Å². The number of rotatable bonds is 5. The van der Waals surface area contributed by atoms with Crippen molar-refractivity contribution in [2.24, 2.45) is 0 Å². The number of carbonyl (C=O) groups excluding carboxylic acids is 2. The van der Waals surface area contributed by atoms with Crippen LogP contribution in [0.1, 0.15) is 40.0 Å². The van der Waals surface area contributed by atoms with Gasteiger partial charge in [0, 0.05) is 22.1 Å². The highest BCUT2D eigenvalue weighted by atomic mass is 35.5. The maximum absolute atomic E-state index is 13.7. The molecule has 2 amide bonds. The van der Waals surface area contributed by atoms with Gasteiger partial charge < -0.3 is 16.0 Å². The molecule has 4 aromatic rings. The monoisotopic (exact) mass is 529 g/mol. The number of fused-ring (bicyclic) bond motifs is 1. The van der Waals surface area contributed by atoms with Crippen LogP contribution in [0, 0.1) is 19.7 Å². The molecule has 7 nitrogen and oxygen atoms in total. The zero-order valence-electron chi connectivity index (χ0n) is 21.0. The van der Waals surface area contributed by atoms with Crippen LogP contribution in [0.4, 0.5) is 21.6 Å². The Balaban J connectivity index is 1.54. The highest BCUT2D eigenvalue weighted by Crippen LogP contribution is 2.38. The number of hydrogen-bond donors (Lipinski definition) is 3. The van der Waals surface area contributed by atoms with Crippen molar-refractivity contribution in [2.75, 3.05) is 16.0 Å². The molecule has 1 aromatic heterocycles. The SMILES string of the molecule is CC1=C(C(=O)Nc2ccc(C)cc2C)[C@@H](c2cccc(Cl)c2)n2ncc(C(=O)Nc3ccc(F)cc3)c2N1. The van der Waals surface area contributed by atoms with Crippen LogP contribution in [0.15, 0.2) is 84.2 Å². The lowest BCUT2D eigenvalue weighted by molar-refractivity contribution is -0.113. The number of benzene rings is 3. The smallest absolute Gasteiger partial charge is 0.261 e. The number of carbonyl (C=O) groups is 2. The fraction of sp³-hybridized carbons (Fsp3) is 0.138. The molecule has 38 heavy (non-hydrogen) atoms. The molecular weight excluding hydrogens is 505 g/mol. The Bertz CT molecular complexity index is 1590. The third-order valence-electron chi connectivity index (χ3n) is 6.41. The molecule has 3 aromatic carbocycles. The van der Waals surface area contributed by atoms with Gasteiger partial charge in [-0.3, -0.25) is 9.59 Å². The Morgan fingerprint density at radius 1 is 0.974 bits per heavy atom. The maximum atomic E-state index is 13.7. The summed E-state index contributed by atoms with van der Waals surface area (Å²) in [6, 6.07) is 17.9. The van der Waals surface area contributed by atoms with Crippen molar-refractivity contribution in [2.45, 2.75) is 26.8 Å². The topological polar surface area (TPSA) is 88.0 Å². The van der Waals surface area contributed by atoms with Gasteiger partial charge in [0.15, 0.2) is 0 Å². The van der Waals surface area contributed by atoms with Crippen LogP contribution < -0.4 is 16.0 Å². The van der Waals surface area contributed by atoms with E-state index in [1.165, 1.54) is 30.5 Å². The van der Waals surface area contributed by atoms with Crippen LogP contribution in [0.25, 0.3) is 0 Å². The van der Waals surface area contributed by atoms with Gasteiger partial charge in [-0.25, -0.2) is 9.07 Å². The van der Waals surface area contributed by atoms with Gasteiger partial charge in [0.2, 0.25) is 0 Å². The summed E-state index contributed by atoms with van der Waals surface area (Å²) >= 11 is 6.32. The van der Waals surface area contributed by atoms with Gasteiger partial charge >= 0.3 is 0 Å². The van der Waals surface area contributed by atoms with Crippen LogP contribution >= 0.6 is 11.6 Å². The Kier molecular flexibility index (Phi) is 6.73. The summed E-state index contributed by atoms with van der Waals surface area (Å²) in [6.45, 7) is 5.72. The Morgan fingerprint density at radius 3 is 2.45 bits per heavy atom. The first-order chi connectivity index (χ1) is 18.2. The van der Waals surface area contributed by atoms with E-state index in [0.717, 1.165) is 16.7 Å². The number of nitrogens with zero attached hydrogens (tertiary/aromatic N) is 2. The predicted octanol–water partition coefficient (Wildman–Crippen LogP) is 6.47. The van der Waals surface area contributed by atoms with Gasteiger partial charge in [-0.1, -0.05) is 41.4 Å². The van der Waals surface area contributed by atoms with Crippen LogP contribution in [0.5, 0.6) is 0 Å². The summed E-state index contributed by atoms with van der Waals surface area (Å²) in [5, 5.41) is 14.0. The number of aryl methyl sites for hydroxylation is 2. The first-order valence-corrected chi connectivity index (χ1v) is 12.4. The number of hydrogen-bond acceptors (Lipinski definition) is 4. The third-order valence-corrected chi connectivity index (χ3v) is 6.64. The Hall–Kier alpha value is -4.43. The molecule has 5 rings (SSSR count). The normalized spacial score (nSPS) is 14.5. The average molecular weight is 530 g/mol. The highest BCUT2D eigenvalue weighted by molar-refractivity contribution is 6.30. The summed E-state index contributed by atoms with van der Waals surface area (Å²) < 4.78 is 14.9. The van der Waals surface area contributed by atoms with Crippen LogP contribution in [0.3, 0.4) is 0 Å². The molecule has 192 valence electrons. The minimum atomic E-state index is -0.650. The average Bonchev–Trinajstić information content (AvgIpc) is 3.29. The summed E-state index contributed by atoms with van der Waals surface area (Å²) in [4.78, 5) is 26.9. The second-order valence-electron chi connectivity index (χ2n) is 9.21. The van der Waals surface area contributed by atoms with E-state index in [2.05, 4.69) is 21.0 Å². The molecule has 1 aliphatic rings. The molecule has 0 radical (unpaired) electrons. The molecule has 0 aliphatic carbocycles. The zero-order chi connectivity index (χ0) is 27.0. The fourth-order valence-electron chi connectivity index (χ4n) is 4.58. The van der Waals surface area contributed by atoms with Crippen LogP contribution in [-0.2, 0) is 4.79 Å². The number of aromatic nitrogens is 2. The van der Waals surface area contributed by atoms with Gasteiger partial charge in [-0.15, -0.1) is 0 Å². The Morgan fingerprint density at radius 2 is 1.74 bits per heavy atom. The molecule has 0 spiro atoms. The van der Waals surface area contributed by atoms with Crippen molar-refractivity contribution in [1.29, 1.82) is 0 Å². The van der Waals surface area contributed by atoms with E-state index in [-0.39, 0.29) is 11.5 Å². The lowest BCUT2D eigenvalue weighted by Crippen LogP contribution is -2.32. The number of halogens is 2. The van der Waals surface area contributed by atoms with Gasteiger partial charge in [-0.05, 0) is 74.4 Å².